The molecular formula is C13H21NO2. The Morgan fingerprint density at radius 2 is 2.25 bits per heavy atom. The van der Waals surface area contributed by atoms with Crippen LogP contribution in [0, 0.1) is 5.41 Å². The molecule has 1 atom stereocenters. The molecule has 0 amide bonds. The highest BCUT2D eigenvalue weighted by molar-refractivity contribution is 6.04. The van der Waals surface area contributed by atoms with Crippen LogP contribution in [0.4, 0.5) is 0 Å². The van der Waals surface area contributed by atoms with Crippen LogP contribution in [0.3, 0.4) is 0 Å². The maximum absolute atomic E-state index is 11.6. The molecule has 0 aromatic heterocycles. The summed E-state index contributed by atoms with van der Waals surface area (Å²) < 4.78 is 5.53. The maximum atomic E-state index is 11.6. The quantitative estimate of drug-likeness (QED) is 0.721. The summed E-state index contributed by atoms with van der Waals surface area (Å²) >= 11 is 0. The lowest BCUT2D eigenvalue weighted by Gasteiger charge is -2.29. The van der Waals surface area contributed by atoms with Crippen molar-refractivity contribution in [3.05, 3.63) is 0 Å². The summed E-state index contributed by atoms with van der Waals surface area (Å²) in [5.74, 6) is 0.336. The molecule has 0 aromatic rings. The Bertz CT molecular complexity index is 301. The number of hydrogen-bond donors (Lipinski definition) is 0. The molecule has 90 valence electrons. The Balaban J connectivity index is 1.92. The van der Waals surface area contributed by atoms with E-state index in [2.05, 4.69) is 18.8 Å². The van der Waals surface area contributed by atoms with Crippen molar-refractivity contribution < 1.29 is 9.53 Å². The lowest BCUT2D eigenvalue weighted by Crippen LogP contribution is -2.29. The second-order valence-electron chi connectivity index (χ2n) is 5.78. The summed E-state index contributed by atoms with van der Waals surface area (Å²) in [5.41, 5.74) is 1.18. The fraction of sp³-hybridized carbons (Fsp3) is 0.846. The molecule has 0 N–H and O–H groups in total. The van der Waals surface area contributed by atoms with E-state index in [1.54, 1.807) is 0 Å². The minimum atomic E-state index is 0.102. The third-order valence-corrected chi connectivity index (χ3v) is 3.30. The summed E-state index contributed by atoms with van der Waals surface area (Å²) in [7, 11) is 0. The van der Waals surface area contributed by atoms with Crippen molar-refractivity contribution in [2.24, 2.45) is 10.4 Å². The van der Waals surface area contributed by atoms with Gasteiger partial charge in [-0.3, -0.25) is 9.79 Å². The summed E-state index contributed by atoms with van der Waals surface area (Å²) in [6.07, 6.45) is 4.80. The van der Waals surface area contributed by atoms with Gasteiger partial charge in [0.1, 0.15) is 5.78 Å². The standard InChI is InChI=1S/C13H21NO2/c1-13(2)7-10(6-11(15)8-13)14-9-12-4-3-5-16-12/h12H,3-9H2,1-2H3/t12-/m1/s1. The van der Waals surface area contributed by atoms with Crippen LogP contribution in [0.15, 0.2) is 4.99 Å². The van der Waals surface area contributed by atoms with Gasteiger partial charge in [0.25, 0.3) is 0 Å². The van der Waals surface area contributed by atoms with Gasteiger partial charge in [-0.05, 0) is 24.7 Å². The molecule has 1 aliphatic heterocycles. The van der Waals surface area contributed by atoms with Gasteiger partial charge in [0.05, 0.1) is 12.6 Å². The highest BCUT2D eigenvalue weighted by Gasteiger charge is 2.30. The van der Waals surface area contributed by atoms with Crippen LogP contribution in [0.25, 0.3) is 0 Å². The summed E-state index contributed by atoms with van der Waals surface area (Å²) in [5, 5.41) is 0. The predicted octanol–water partition coefficient (Wildman–Crippen LogP) is 2.39. The van der Waals surface area contributed by atoms with Gasteiger partial charge in [-0.1, -0.05) is 13.8 Å². The number of Topliss-reactive ketones (excluding diaryl/α,β-unsaturated/α-hetero) is 1. The molecule has 2 fully saturated rings. The molecule has 1 saturated carbocycles. The molecule has 2 rings (SSSR count). The maximum Gasteiger partial charge on any atom is 0.139 e. The Hall–Kier alpha value is -0.700. The Morgan fingerprint density at radius 1 is 1.44 bits per heavy atom. The Labute approximate surface area is 97.3 Å². The van der Waals surface area contributed by atoms with Crippen molar-refractivity contribution in [3.63, 3.8) is 0 Å². The number of ketones is 1. The molecule has 0 bridgehead atoms. The number of carbonyl (C=O) groups excluding carboxylic acids is 1. The molecule has 16 heavy (non-hydrogen) atoms. The van der Waals surface area contributed by atoms with Gasteiger partial charge >= 0.3 is 0 Å². The zero-order chi connectivity index (χ0) is 11.6. The summed E-state index contributed by atoms with van der Waals surface area (Å²) in [6, 6.07) is 0. The molecule has 0 unspecified atom stereocenters. The van der Waals surface area contributed by atoms with Crippen molar-refractivity contribution >= 4 is 11.5 Å². The lowest BCUT2D eigenvalue weighted by molar-refractivity contribution is -0.120. The first kappa shape index (κ1) is 11.8. The van der Waals surface area contributed by atoms with Gasteiger partial charge in [-0.15, -0.1) is 0 Å². The first-order valence-corrected chi connectivity index (χ1v) is 6.21. The van der Waals surface area contributed by atoms with Gasteiger partial charge in [0.2, 0.25) is 0 Å². The van der Waals surface area contributed by atoms with Crippen molar-refractivity contribution in [2.45, 2.75) is 52.1 Å². The molecule has 1 heterocycles. The van der Waals surface area contributed by atoms with Crippen LogP contribution < -0.4 is 0 Å². The molecule has 1 aliphatic carbocycles. The summed E-state index contributed by atoms with van der Waals surface area (Å²) in [6.45, 7) is 5.91. The molecule has 0 radical (unpaired) electrons. The number of hydrogen-bond acceptors (Lipinski definition) is 3. The number of nitrogens with zero attached hydrogens (tertiary/aromatic N) is 1. The van der Waals surface area contributed by atoms with Crippen molar-refractivity contribution in [1.29, 1.82) is 0 Å². The Morgan fingerprint density at radius 3 is 2.88 bits per heavy atom. The number of aliphatic imine (C=N–C) groups is 1. The fourth-order valence-corrected chi connectivity index (χ4v) is 2.63. The topological polar surface area (TPSA) is 38.7 Å². The number of carbonyl (C=O) groups is 1. The third kappa shape index (κ3) is 3.14. The van der Waals surface area contributed by atoms with E-state index in [1.807, 2.05) is 0 Å². The van der Waals surface area contributed by atoms with E-state index < -0.39 is 0 Å². The van der Waals surface area contributed by atoms with E-state index in [1.165, 1.54) is 0 Å². The highest BCUT2D eigenvalue weighted by atomic mass is 16.5. The van der Waals surface area contributed by atoms with Gasteiger partial charge in [-0.25, -0.2) is 0 Å². The van der Waals surface area contributed by atoms with E-state index in [-0.39, 0.29) is 5.41 Å². The first-order valence-electron chi connectivity index (χ1n) is 6.21. The van der Waals surface area contributed by atoms with Crippen LogP contribution in [-0.2, 0) is 9.53 Å². The van der Waals surface area contributed by atoms with E-state index in [0.29, 0.717) is 24.7 Å². The van der Waals surface area contributed by atoms with Crippen LogP contribution in [0.5, 0.6) is 0 Å². The molecule has 2 aliphatic rings. The molecule has 3 nitrogen and oxygen atoms in total. The average molecular weight is 223 g/mol. The minimum Gasteiger partial charge on any atom is -0.376 e. The third-order valence-electron chi connectivity index (χ3n) is 3.30. The van der Waals surface area contributed by atoms with E-state index in [4.69, 9.17) is 4.74 Å². The van der Waals surface area contributed by atoms with E-state index in [0.717, 1.165) is 38.1 Å². The predicted molar refractivity (Wildman–Crippen MR) is 63.9 cm³/mol. The SMILES string of the molecule is CC1(C)CC(=O)CC(=NC[C@H]2CCCO2)C1. The van der Waals surface area contributed by atoms with Crippen LogP contribution >= 0.6 is 0 Å². The number of rotatable bonds is 2. The molecule has 0 aromatic carbocycles. The van der Waals surface area contributed by atoms with Crippen LogP contribution in [0.2, 0.25) is 0 Å². The Kier molecular flexibility index (Phi) is 3.43. The van der Waals surface area contributed by atoms with Gasteiger partial charge < -0.3 is 4.74 Å². The zero-order valence-electron chi connectivity index (χ0n) is 10.3. The van der Waals surface area contributed by atoms with E-state index >= 15 is 0 Å². The van der Waals surface area contributed by atoms with Gasteiger partial charge in [-0.2, -0.15) is 0 Å². The number of ether oxygens (including phenoxy) is 1. The van der Waals surface area contributed by atoms with Crippen LogP contribution in [-0.4, -0.2) is 30.8 Å². The van der Waals surface area contributed by atoms with Gasteiger partial charge in [0, 0.05) is 25.2 Å². The molecule has 1 saturated heterocycles. The van der Waals surface area contributed by atoms with Gasteiger partial charge in [0.15, 0.2) is 0 Å². The fourth-order valence-electron chi connectivity index (χ4n) is 2.63. The molecule has 0 spiro atoms. The second kappa shape index (κ2) is 4.66. The van der Waals surface area contributed by atoms with Crippen LogP contribution in [0.1, 0.15) is 46.0 Å². The second-order valence-corrected chi connectivity index (χ2v) is 5.78. The van der Waals surface area contributed by atoms with Crippen molar-refractivity contribution in [2.75, 3.05) is 13.2 Å². The molecular weight excluding hydrogens is 202 g/mol. The first-order chi connectivity index (χ1) is 7.55. The minimum absolute atomic E-state index is 0.102. The van der Waals surface area contributed by atoms with Crippen molar-refractivity contribution in [3.8, 4) is 0 Å². The average Bonchev–Trinajstić information content (AvgIpc) is 2.63. The lowest BCUT2D eigenvalue weighted by atomic mass is 9.76. The van der Waals surface area contributed by atoms with Crippen molar-refractivity contribution in [1.82, 2.24) is 0 Å². The molecule has 3 heteroatoms. The zero-order valence-corrected chi connectivity index (χ0v) is 10.3. The smallest absolute Gasteiger partial charge is 0.139 e. The monoisotopic (exact) mass is 223 g/mol. The summed E-state index contributed by atoms with van der Waals surface area (Å²) in [4.78, 5) is 16.2. The highest BCUT2D eigenvalue weighted by Crippen LogP contribution is 2.31. The largest absolute Gasteiger partial charge is 0.376 e. The van der Waals surface area contributed by atoms with E-state index in [9.17, 15) is 4.79 Å². The normalized spacial score (nSPS) is 32.2.